The van der Waals surface area contributed by atoms with E-state index in [2.05, 4.69) is 0 Å². The molecule has 0 fully saturated rings. The number of amidine groups is 1. The highest BCUT2D eigenvalue weighted by Crippen LogP contribution is 2.34. The molecule has 1 N–H and O–H groups in total. The summed E-state index contributed by atoms with van der Waals surface area (Å²) >= 11 is 18.5. The summed E-state index contributed by atoms with van der Waals surface area (Å²) in [5.74, 6) is 0.411. The Balaban J connectivity index is 2.43. The Bertz CT molecular complexity index is 774. The van der Waals surface area contributed by atoms with Crippen LogP contribution in [0, 0.1) is 12.3 Å². The van der Waals surface area contributed by atoms with Crippen molar-refractivity contribution in [2.45, 2.75) is 13.8 Å². The summed E-state index contributed by atoms with van der Waals surface area (Å²) in [7, 11) is 3.82. The molecule has 0 radical (unpaired) electrons. The van der Waals surface area contributed by atoms with E-state index in [-0.39, 0.29) is 0 Å². The van der Waals surface area contributed by atoms with Gasteiger partial charge in [-0.15, -0.1) is 0 Å². The van der Waals surface area contributed by atoms with E-state index in [1.165, 1.54) is 0 Å². The second-order valence-electron chi connectivity index (χ2n) is 5.64. The fourth-order valence-corrected chi connectivity index (χ4v) is 2.95. The van der Waals surface area contributed by atoms with Crippen LogP contribution in [-0.2, 0) is 0 Å². The molecule has 0 saturated heterocycles. The average Bonchev–Trinajstić information content (AvgIpc) is 2.57. The van der Waals surface area contributed by atoms with Crippen LogP contribution in [0.3, 0.4) is 0 Å². The second kappa shape index (κ2) is 7.64. The van der Waals surface area contributed by atoms with Crippen molar-refractivity contribution in [1.82, 2.24) is 4.90 Å². The molecule has 0 aliphatic carbocycles. The van der Waals surface area contributed by atoms with E-state index < -0.39 is 0 Å². The first kappa shape index (κ1) is 18.9. The van der Waals surface area contributed by atoms with Crippen molar-refractivity contribution >= 4 is 52.0 Å². The maximum absolute atomic E-state index is 8.26. The minimum absolute atomic E-state index is 0.411. The third-order valence-corrected chi connectivity index (χ3v) is 5.10. The standard InChI is InChI=1S/C18H20Cl3N3/c1-5-23(3)18(22)13-8-11(2)17(10-15(13)20)24(4)12-6-7-14(19)16(21)9-12/h6-10,22H,5H2,1-4H3. The van der Waals surface area contributed by atoms with Gasteiger partial charge in [0.2, 0.25) is 0 Å². The summed E-state index contributed by atoms with van der Waals surface area (Å²) in [6.07, 6.45) is 0. The molecule has 128 valence electrons. The van der Waals surface area contributed by atoms with E-state index in [0.29, 0.717) is 20.9 Å². The molecule has 0 aliphatic heterocycles. The first-order valence-electron chi connectivity index (χ1n) is 7.55. The summed E-state index contributed by atoms with van der Waals surface area (Å²) < 4.78 is 0. The van der Waals surface area contributed by atoms with Gasteiger partial charge in [-0.25, -0.2) is 0 Å². The van der Waals surface area contributed by atoms with Gasteiger partial charge in [0.05, 0.1) is 15.1 Å². The van der Waals surface area contributed by atoms with Crippen LogP contribution >= 0.6 is 34.8 Å². The molecule has 0 bridgehead atoms. The van der Waals surface area contributed by atoms with E-state index in [9.17, 15) is 0 Å². The summed E-state index contributed by atoms with van der Waals surface area (Å²) in [5, 5.41) is 9.84. The average molecular weight is 385 g/mol. The van der Waals surface area contributed by atoms with Crippen molar-refractivity contribution in [3.63, 3.8) is 0 Å². The molecule has 2 aromatic carbocycles. The van der Waals surface area contributed by atoms with Gasteiger partial charge in [0, 0.05) is 37.6 Å². The van der Waals surface area contributed by atoms with Crippen molar-refractivity contribution < 1.29 is 0 Å². The van der Waals surface area contributed by atoms with Gasteiger partial charge in [-0.2, -0.15) is 0 Å². The van der Waals surface area contributed by atoms with Crippen LogP contribution in [0.25, 0.3) is 0 Å². The van der Waals surface area contributed by atoms with Gasteiger partial charge in [-0.1, -0.05) is 34.8 Å². The van der Waals surface area contributed by atoms with E-state index in [1.54, 1.807) is 6.07 Å². The molecular weight excluding hydrogens is 365 g/mol. The molecule has 0 unspecified atom stereocenters. The van der Waals surface area contributed by atoms with Gasteiger partial charge in [0.1, 0.15) is 5.84 Å². The SMILES string of the molecule is CCN(C)C(=N)c1cc(C)c(N(C)c2ccc(Cl)c(Cl)c2)cc1Cl. The second-order valence-corrected chi connectivity index (χ2v) is 6.86. The molecule has 6 heteroatoms. The lowest BCUT2D eigenvalue weighted by atomic mass is 10.1. The van der Waals surface area contributed by atoms with Crippen molar-refractivity contribution in [1.29, 1.82) is 5.41 Å². The van der Waals surface area contributed by atoms with Crippen LogP contribution in [0.1, 0.15) is 18.1 Å². The number of nitrogens with one attached hydrogen (secondary N) is 1. The molecular formula is C18H20Cl3N3. The molecule has 0 saturated carbocycles. The summed E-state index contributed by atoms with van der Waals surface area (Å²) in [6, 6.07) is 9.32. The predicted octanol–water partition coefficient (Wildman–Crippen LogP) is 6.00. The summed E-state index contributed by atoms with van der Waals surface area (Å²) in [4.78, 5) is 3.85. The maximum Gasteiger partial charge on any atom is 0.129 e. The smallest absolute Gasteiger partial charge is 0.129 e. The van der Waals surface area contributed by atoms with Crippen molar-refractivity contribution in [2.75, 3.05) is 25.5 Å². The Morgan fingerprint density at radius 3 is 2.25 bits per heavy atom. The number of anilines is 2. The van der Waals surface area contributed by atoms with E-state index in [0.717, 1.165) is 29.0 Å². The van der Waals surface area contributed by atoms with Crippen LogP contribution < -0.4 is 4.90 Å². The number of aryl methyl sites for hydroxylation is 1. The highest BCUT2D eigenvalue weighted by Gasteiger charge is 2.16. The van der Waals surface area contributed by atoms with E-state index >= 15 is 0 Å². The molecule has 3 nitrogen and oxygen atoms in total. The zero-order valence-electron chi connectivity index (χ0n) is 14.1. The molecule has 0 aromatic heterocycles. The molecule has 2 rings (SSSR count). The highest BCUT2D eigenvalue weighted by atomic mass is 35.5. The first-order chi connectivity index (χ1) is 11.3. The molecule has 0 aliphatic rings. The van der Waals surface area contributed by atoms with Gasteiger partial charge < -0.3 is 9.80 Å². The number of nitrogens with zero attached hydrogens (tertiary/aromatic N) is 2. The van der Waals surface area contributed by atoms with Gasteiger partial charge in [-0.05, 0) is 49.7 Å². The lowest BCUT2D eigenvalue weighted by molar-refractivity contribution is 0.533. The lowest BCUT2D eigenvalue weighted by Crippen LogP contribution is -2.26. The first-order valence-corrected chi connectivity index (χ1v) is 8.68. The number of hydrogen-bond acceptors (Lipinski definition) is 2. The van der Waals surface area contributed by atoms with Crippen molar-refractivity contribution in [2.24, 2.45) is 0 Å². The quantitative estimate of drug-likeness (QED) is 0.517. The maximum atomic E-state index is 8.26. The number of halogens is 3. The third kappa shape index (κ3) is 3.80. The monoisotopic (exact) mass is 383 g/mol. The molecule has 0 amide bonds. The number of rotatable bonds is 4. The minimum Gasteiger partial charge on any atom is -0.360 e. The minimum atomic E-state index is 0.411. The van der Waals surface area contributed by atoms with Crippen molar-refractivity contribution in [3.05, 3.63) is 56.5 Å². The Hall–Kier alpha value is -1.42. The topological polar surface area (TPSA) is 30.3 Å². The Morgan fingerprint density at radius 1 is 1.00 bits per heavy atom. The molecule has 0 spiro atoms. The third-order valence-electron chi connectivity index (χ3n) is 4.05. The predicted molar refractivity (Wildman–Crippen MR) is 106 cm³/mol. The van der Waals surface area contributed by atoms with Gasteiger partial charge in [0.15, 0.2) is 0 Å². The number of hydrogen-bond donors (Lipinski definition) is 1. The van der Waals surface area contributed by atoms with Gasteiger partial charge in [-0.3, -0.25) is 5.41 Å². The molecule has 0 heterocycles. The van der Waals surface area contributed by atoms with Crippen LogP contribution in [0.15, 0.2) is 30.3 Å². The van der Waals surface area contributed by atoms with Gasteiger partial charge >= 0.3 is 0 Å². The Morgan fingerprint density at radius 2 is 1.67 bits per heavy atom. The Kier molecular flexibility index (Phi) is 6.02. The molecule has 0 atom stereocenters. The Labute approximate surface area is 158 Å². The van der Waals surface area contributed by atoms with Crippen molar-refractivity contribution in [3.8, 4) is 0 Å². The molecule has 2 aromatic rings. The van der Waals surface area contributed by atoms with Crippen LogP contribution in [-0.4, -0.2) is 31.4 Å². The van der Waals surface area contributed by atoms with Gasteiger partial charge in [0.25, 0.3) is 0 Å². The summed E-state index contributed by atoms with van der Waals surface area (Å²) in [5.41, 5.74) is 3.62. The van der Waals surface area contributed by atoms with E-state index in [1.807, 2.05) is 62.0 Å². The zero-order chi connectivity index (χ0) is 18.0. The fourth-order valence-electron chi connectivity index (χ4n) is 2.41. The van der Waals surface area contributed by atoms with Crippen LogP contribution in [0.4, 0.5) is 11.4 Å². The van der Waals surface area contributed by atoms with E-state index in [4.69, 9.17) is 40.2 Å². The fraction of sp³-hybridized carbons (Fsp3) is 0.278. The number of benzene rings is 2. The largest absolute Gasteiger partial charge is 0.360 e. The molecule has 24 heavy (non-hydrogen) atoms. The lowest BCUT2D eigenvalue weighted by Gasteiger charge is -2.25. The van der Waals surface area contributed by atoms with Crippen LogP contribution in [0.2, 0.25) is 15.1 Å². The normalized spacial score (nSPS) is 10.6. The summed E-state index contributed by atoms with van der Waals surface area (Å²) in [6.45, 7) is 4.75. The zero-order valence-corrected chi connectivity index (χ0v) is 16.4. The van der Waals surface area contributed by atoms with Crippen LogP contribution in [0.5, 0.6) is 0 Å². The highest BCUT2D eigenvalue weighted by molar-refractivity contribution is 6.42.